The molecule has 13 heavy (non-hydrogen) atoms. The fraction of sp³-hybridized carbons (Fsp3) is 0.222. The molecular formula is C9H8ClFN2. The first-order valence-electron chi connectivity index (χ1n) is 3.88. The largest absolute Gasteiger partial charge is 0.242 e. The van der Waals surface area contributed by atoms with E-state index in [1.165, 1.54) is 4.68 Å². The topological polar surface area (TPSA) is 17.8 Å². The first-order valence-corrected chi connectivity index (χ1v) is 4.26. The van der Waals surface area contributed by atoms with Gasteiger partial charge in [0.15, 0.2) is 0 Å². The number of fused-ring (bicyclic) bond motifs is 1. The molecule has 0 bridgehead atoms. The first kappa shape index (κ1) is 8.51. The van der Waals surface area contributed by atoms with Crippen molar-refractivity contribution in [3.05, 3.63) is 28.7 Å². The number of aryl methyl sites for hydroxylation is 2. The highest BCUT2D eigenvalue weighted by atomic mass is 35.5. The maximum Gasteiger partial charge on any atom is 0.220 e. The molecule has 2 aromatic rings. The fourth-order valence-corrected chi connectivity index (χ4v) is 1.55. The van der Waals surface area contributed by atoms with Crippen LogP contribution in [0.5, 0.6) is 0 Å². The van der Waals surface area contributed by atoms with Crippen LogP contribution in [-0.2, 0) is 7.05 Å². The second kappa shape index (κ2) is 2.70. The normalized spacial score (nSPS) is 11.1. The van der Waals surface area contributed by atoms with Gasteiger partial charge in [-0.3, -0.25) is 0 Å². The summed E-state index contributed by atoms with van der Waals surface area (Å²) in [7, 11) is 1.56. The molecule has 1 aromatic carbocycles. The Labute approximate surface area is 79.9 Å². The van der Waals surface area contributed by atoms with Crippen molar-refractivity contribution >= 4 is 22.5 Å². The Hall–Kier alpha value is -1.09. The van der Waals surface area contributed by atoms with E-state index in [0.29, 0.717) is 15.9 Å². The highest BCUT2D eigenvalue weighted by Crippen LogP contribution is 2.28. The Morgan fingerprint density at radius 2 is 2.15 bits per heavy atom. The molecule has 0 spiro atoms. The molecule has 0 atom stereocenters. The average Bonchev–Trinajstić information content (AvgIpc) is 2.37. The third kappa shape index (κ3) is 1.11. The van der Waals surface area contributed by atoms with Crippen LogP contribution in [0.2, 0.25) is 5.02 Å². The molecule has 2 rings (SSSR count). The molecule has 0 saturated heterocycles. The molecule has 4 heteroatoms. The highest BCUT2D eigenvalue weighted by Gasteiger charge is 2.12. The van der Waals surface area contributed by atoms with E-state index in [1.807, 2.05) is 13.0 Å². The maximum absolute atomic E-state index is 13.4. The Bertz CT molecular complexity index is 476. The summed E-state index contributed by atoms with van der Waals surface area (Å²) in [6.45, 7) is 1.84. The number of aromatic nitrogens is 2. The number of benzene rings is 1. The summed E-state index contributed by atoms with van der Waals surface area (Å²) in [4.78, 5) is 0. The predicted molar refractivity (Wildman–Crippen MR) is 50.4 cm³/mol. The van der Waals surface area contributed by atoms with Crippen molar-refractivity contribution in [1.29, 1.82) is 0 Å². The van der Waals surface area contributed by atoms with Crippen LogP contribution in [0, 0.1) is 12.9 Å². The zero-order valence-corrected chi connectivity index (χ0v) is 8.06. The molecule has 0 aliphatic heterocycles. The van der Waals surface area contributed by atoms with Gasteiger partial charge in [0.05, 0.1) is 15.9 Å². The predicted octanol–water partition coefficient (Wildman–Crippen LogP) is 2.67. The summed E-state index contributed by atoms with van der Waals surface area (Å²) < 4.78 is 14.6. The van der Waals surface area contributed by atoms with Gasteiger partial charge in [-0.15, -0.1) is 0 Å². The molecule has 0 saturated carbocycles. The van der Waals surface area contributed by atoms with E-state index < -0.39 is 0 Å². The van der Waals surface area contributed by atoms with Crippen molar-refractivity contribution in [2.45, 2.75) is 6.92 Å². The van der Waals surface area contributed by atoms with Crippen LogP contribution < -0.4 is 0 Å². The smallest absolute Gasteiger partial charge is 0.220 e. The van der Waals surface area contributed by atoms with E-state index in [1.54, 1.807) is 13.1 Å². The number of halogens is 2. The van der Waals surface area contributed by atoms with Crippen LogP contribution in [-0.4, -0.2) is 9.78 Å². The third-order valence-corrected chi connectivity index (χ3v) is 2.55. The van der Waals surface area contributed by atoms with E-state index in [-0.39, 0.29) is 5.95 Å². The second-order valence-corrected chi connectivity index (χ2v) is 3.38. The maximum atomic E-state index is 13.4. The van der Waals surface area contributed by atoms with Gasteiger partial charge in [0.25, 0.3) is 0 Å². The number of nitrogens with zero attached hydrogens (tertiary/aromatic N) is 2. The minimum absolute atomic E-state index is 0.385. The van der Waals surface area contributed by atoms with Gasteiger partial charge in [-0.2, -0.15) is 9.49 Å². The SMILES string of the molecule is Cc1ccc2nn(C)c(F)c2c1Cl. The van der Waals surface area contributed by atoms with Gasteiger partial charge in [-0.1, -0.05) is 17.7 Å². The lowest BCUT2D eigenvalue weighted by atomic mass is 10.2. The lowest BCUT2D eigenvalue weighted by molar-refractivity contribution is 0.512. The zero-order valence-electron chi connectivity index (χ0n) is 7.31. The molecule has 1 heterocycles. The summed E-state index contributed by atoms with van der Waals surface area (Å²) in [5.41, 5.74) is 1.46. The standard InChI is InChI=1S/C9H8ClFN2/c1-5-3-4-6-7(8(5)10)9(11)13(2)12-6/h3-4H,1-2H3. The number of rotatable bonds is 0. The monoisotopic (exact) mass is 198 g/mol. The van der Waals surface area contributed by atoms with E-state index in [4.69, 9.17) is 11.6 Å². The van der Waals surface area contributed by atoms with Gasteiger partial charge in [0.2, 0.25) is 5.95 Å². The molecule has 0 fully saturated rings. The highest BCUT2D eigenvalue weighted by molar-refractivity contribution is 6.36. The number of hydrogen-bond acceptors (Lipinski definition) is 1. The number of hydrogen-bond donors (Lipinski definition) is 0. The lowest BCUT2D eigenvalue weighted by Crippen LogP contribution is -1.92. The van der Waals surface area contributed by atoms with Crippen molar-refractivity contribution in [2.24, 2.45) is 7.05 Å². The van der Waals surface area contributed by atoms with Gasteiger partial charge in [-0.25, -0.2) is 4.68 Å². The van der Waals surface area contributed by atoms with E-state index in [2.05, 4.69) is 5.10 Å². The summed E-state index contributed by atoms with van der Waals surface area (Å²) in [6.07, 6.45) is 0. The zero-order chi connectivity index (χ0) is 9.59. The van der Waals surface area contributed by atoms with Crippen LogP contribution in [0.4, 0.5) is 4.39 Å². The summed E-state index contributed by atoms with van der Waals surface area (Å²) in [5, 5.41) is 4.83. The van der Waals surface area contributed by atoms with Gasteiger partial charge < -0.3 is 0 Å². The Balaban J connectivity index is 2.97. The Morgan fingerprint density at radius 1 is 1.46 bits per heavy atom. The summed E-state index contributed by atoms with van der Waals surface area (Å²) >= 11 is 5.95. The van der Waals surface area contributed by atoms with Gasteiger partial charge in [0.1, 0.15) is 0 Å². The molecule has 68 valence electrons. The first-order chi connectivity index (χ1) is 6.11. The quantitative estimate of drug-likeness (QED) is 0.637. The van der Waals surface area contributed by atoms with Gasteiger partial charge >= 0.3 is 0 Å². The van der Waals surface area contributed by atoms with Crippen molar-refractivity contribution in [3.63, 3.8) is 0 Å². The molecule has 0 unspecified atom stereocenters. The fourth-order valence-electron chi connectivity index (χ4n) is 1.32. The average molecular weight is 199 g/mol. The van der Waals surface area contributed by atoms with Crippen LogP contribution in [0.3, 0.4) is 0 Å². The van der Waals surface area contributed by atoms with E-state index in [9.17, 15) is 4.39 Å². The van der Waals surface area contributed by atoms with Gasteiger partial charge in [-0.05, 0) is 18.6 Å². The van der Waals surface area contributed by atoms with Crippen LogP contribution in [0.25, 0.3) is 10.9 Å². The second-order valence-electron chi connectivity index (χ2n) is 3.00. The molecule has 0 aliphatic carbocycles. The molecule has 1 aromatic heterocycles. The molecule has 0 radical (unpaired) electrons. The molecule has 0 amide bonds. The Kier molecular flexibility index (Phi) is 1.77. The summed E-state index contributed by atoms with van der Waals surface area (Å²) in [6, 6.07) is 3.59. The van der Waals surface area contributed by atoms with Crippen molar-refractivity contribution in [3.8, 4) is 0 Å². The van der Waals surface area contributed by atoms with Crippen LogP contribution in [0.1, 0.15) is 5.56 Å². The van der Waals surface area contributed by atoms with Crippen molar-refractivity contribution in [2.75, 3.05) is 0 Å². The van der Waals surface area contributed by atoms with Gasteiger partial charge in [0, 0.05) is 7.05 Å². The molecular weight excluding hydrogens is 191 g/mol. The molecule has 2 nitrogen and oxygen atoms in total. The minimum Gasteiger partial charge on any atom is -0.242 e. The molecule has 0 aliphatic rings. The van der Waals surface area contributed by atoms with Crippen LogP contribution in [0.15, 0.2) is 12.1 Å². The Morgan fingerprint density at radius 3 is 2.85 bits per heavy atom. The van der Waals surface area contributed by atoms with E-state index in [0.717, 1.165) is 5.56 Å². The van der Waals surface area contributed by atoms with Crippen molar-refractivity contribution in [1.82, 2.24) is 9.78 Å². The van der Waals surface area contributed by atoms with Crippen LogP contribution >= 0.6 is 11.6 Å². The third-order valence-electron chi connectivity index (χ3n) is 2.06. The van der Waals surface area contributed by atoms with E-state index >= 15 is 0 Å². The van der Waals surface area contributed by atoms with Crippen molar-refractivity contribution < 1.29 is 4.39 Å². The minimum atomic E-state index is -0.385. The molecule has 0 N–H and O–H groups in total. The summed E-state index contributed by atoms with van der Waals surface area (Å²) in [5.74, 6) is -0.385. The lowest BCUT2D eigenvalue weighted by Gasteiger charge is -1.96.